The zero-order chi connectivity index (χ0) is 25.4. The lowest BCUT2D eigenvalue weighted by atomic mass is 10.1. The highest BCUT2D eigenvalue weighted by atomic mass is 35.5. The molecule has 182 valence electrons. The fraction of sp³-hybridized carbons (Fsp3) is 0.240. The molecule has 9 nitrogen and oxygen atoms in total. The van der Waals surface area contributed by atoms with Crippen molar-refractivity contribution in [3.05, 3.63) is 86.9 Å². The summed E-state index contributed by atoms with van der Waals surface area (Å²) >= 11 is 6.08. The number of hydrogen-bond acceptors (Lipinski definition) is 8. The van der Waals surface area contributed by atoms with Gasteiger partial charge in [-0.25, -0.2) is 4.79 Å². The van der Waals surface area contributed by atoms with Gasteiger partial charge in [-0.3, -0.25) is 10.1 Å². The van der Waals surface area contributed by atoms with Gasteiger partial charge in [0.1, 0.15) is 18.0 Å². The summed E-state index contributed by atoms with van der Waals surface area (Å²) in [7, 11) is 1.57. The molecular formula is C25H25ClN4O5. The Morgan fingerprint density at radius 1 is 1.06 bits per heavy atom. The maximum Gasteiger partial charge on any atom is 0.338 e. The molecule has 3 aromatic rings. The van der Waals surface area contributed by atoms with Crippen LogP contribution in [0.3, 0.4) is 0 Å². The first-order chi connectivity index (χ1) is 16.8. The van der Waals surface area contributed by atoms with Crippen molar-refractivity contribution < 1.29 is 19.2 Å². The van der Waals surface area contributed by atoms with Gasteiger partial charge >= 0.3 is 5.97 Å². The molecule has 0 saturated heterocycles. The van der Waals surface area contributed by atoms with Crippen LogP contribution in [-0.2, 0) is 4.74 Å². The molecule has 0 spiro atoms. The van der Waals surface area contributed by atoms with Crippen LogP contribution in [0, 0.1) is 17.0 Å². The molecule has 0 heterocycles. The Hall–Kier alpha value is -3.98. The third kappa shape index (κ3) is 6.77. The third-order valence-electron chi connectivity index (χ3n) is 5.25. The highest BCUT2D eigenvalue weighted by Crippen LogP contribution is 2.32. The van der Waals surface area contributed by atoms with E-state index >= 15 is 0 Å². The summed E-state index contributed by atoms with van der Waals surface area (Å²) in [6, 6.07) is 16.5. The highest BCUT2D eigenvalue weighted by molar-refractivity contribution is 6.33. The Balaban J connectivity index is 1.62. The fourth-order valence-electron chi connectivity index (χ4n) is 3.28. The number of azo groups is 1. The Kier molecular flexibility index (Phi) is 8.74. The van der Waals surface area contributed by atoms with Crippen LogP contribution >= 0.6 is 11.6 Å². The Bertz CT molecular complexity index is 1230. The molecule has 0 N–H and O–H groups in total. The van der Waals surface area contributed by atoms with Crippen molar-refractivity contribution in [2.75, 3.05) is 31.7 Å². The van der Waals surface area contributed by atoms with Gasteiger partial charge in [0.2, 0.25) is 0 Å². The van der Waals surface area contributed by atoms with Gasteiger partial charge in [-0.1, -0.05) is 11.6 Å². The smallest absolute Gasteiger partial charge is 0.338 e. The number of esters is 1. The Labute approximate surface area is 208 Å². The number of likely N-dealkylation sites (N-methyl/N-ethyl adjacent to an activating group) is 1. The van der Waals surface area contributed by atoms with Gasteiger partial charge < -0.3 is 14.4 Å². The Morgan fingerprint density at radius 3 is 2.34 bits per heavy atom. The normalized spacial score (nSPS) is 10.9. The number of hydrogen-bond donors (Lipinski definition) is 0. The molecule has 0 aliphatic rings. The van der Waals surface area contributed by atoms with Gasteiger partial charge in [-0.15, -0.1) is 5.11 Å². The number of ether oxygens (including phenoxy) is 2. The van der Waals surface area contributed by atoms with E-state index in [0.29, 0.717) is 29.2 Å². The summed E-state index contributed by atoms with van der Waals surface area (Å²) in [5, 5.41) is 19.4. The molecule has 0 saturated carbocycles. The highest BCUT2D eigenvalue weighted by Gasteiger charge is 2.12. The van der Waals surface area contributed by atoms with E-state index in [-0.39, 0.29) is 23.3 Å². The number of halogens is 1. The monoisotopic (exact) mass is 496 g/mol. The number of methoxy groups -OCH3 is 1. The quantitative estimate of drug-likeness (QED) is 0.134. The van der Waals surface area contributed by atoms with E-state index in [1.54, 1.807) is 31.4 Å². The van der Waals surface area contributed by atoms with Crippen LogP contribution in [0.25, 0.3) is 0 Å². The van der Waals surface area contributed by atoms with Crippen LogP contribution in [0.15, 0.2) is 70.9 Å². The lowest BCUT2D eigenvalue weighted by molar-refractivity contribution is -0.384. The molecule has 0 aromatic heterocycles. The second-order valence-electron chi connectivity index (χ2n) is 7.51. The molecule has 3 rings (SSSR count). The number of nitro groups is 1. The number of nitrogens with zero attached hydrogens (tertiary/aromatic N) is 4. The first kappa shape index (κ1) is 25.6. The van der Waals surface area contributed by atoms with Crippen molar-refractivity contribution in [3.8, 4) is 5.75 Å². The summed E-state index contributed by atoms with van der Waals surface area (Å²) in [6.07, 6.45) is 0. The Morgan fingerprint density at radius 2 is 1.74 bits per heavy atom. The second-order valence-corrected chi connectivity index (χ2v) is 7.91. The minimum atomic E-state index is -0.519. The summed E-state index contributed by atoms with van der Waals surface area (Å²) in [5.41, 5.74) is 3.19. The number of rotatable bonds is 10. The number of carbonyl (C=O) groups excluding carboxylic acids is 1. The molecule has 0 aliphatic carbocycles. The van der Waals surface area contributed by atoms with Crippen LogP contribution in [-0.4, -0.2) is 37.7 Å². The van der Waals surface area contributed by atoms with Crippen LogP contribution in [0.2, 0.25) is 5.02 Å². The van der Waals surface area contributed by atoms with E-state index in [0.717, 1.165) is 17.8 Å². The first-order valence-corrected chi connectivity index (χ1v) is 11.2. The largest absolute Gasteiger partial charge is 0.497 e. The average Bonchev–Trinajstić information content (AvgIpc) is 2.86. The number of benzene rings is 3. The summed E-state index contributed by atoms with van der Waals surface area (Å²) in [6.45, 7) is 5.41. The van der Waals surface area contributed by atoms with Gasteiger partial charge in [0.15, 0.2) is 0 Å². The molecule has 0 atom stereocenters. The van der Waals surface area contributed by atoms with E-state index in [2.05, 4.69) is 15.1 Å². The van der Waals surface area contributed by atoms with E-state index in [1.165, 1.54) is 18.2 Å². The fourth-order valence-corrected chi connectivity index (χ4v) is 3.49. The maximum absolute atomic E-state index is 12.3. The van der Waals surface area contributed by atoms with Crippen molar-refractivity contribution in [1.29, 1.82) is 0 Å². The second kappa shape index (κ2) is 11.9. The molecule has 3 aromatic carbocycles. The van der Waals surface area contributed by atoms with Crippen molar-refractivity contribution >= 4 is 40.3 Å². The zero-order valence-corrected chi connectivity index (χ0v) is 20.4. The van der Waals surface area contributed by atoms with Gasteiger partial charge in [-0.2, -0.15) is 5.11 Å². The topological polar surface area (TPSA) is 107 Å². The zero-order valence-electron chi connectivity index (χ0n) is 19.6. The van der Waals surface area contributed by atoms with Crippen LogP contribution in [0.5, 0.6) is 5.75 Å². The predicted octanol–water partition coefficient (Wildman–Crippen LogP) is 6.66. The minimum absolute atomic E-state index is 0.108. The number of anilines is 1. The van der Waals surface area contributed by atoms with Crippen LogP contribution in [0.4, 0.5) is 22.7 Å². The molecule has 0 radical (unpaired) electrons. The lowest BCUT2D eigenvalue weighted by Gasteiger charge is -2.23. The molecular weight excluding hydrogens is 472 g/mol. The van der Waals surface area contributed by atoms with Crippen molar-refractivity contribution in [2.45, 2.75) is 13.8 Å². The molecule has 0 aliphatic heterocycles. The molecule has 0 amide bonds. The number of carbonyl (C=O) groups is 1. The SMILES string of the molecule is CCN(CCOC(=O)c1ccc(OC)cc1)c1ccc(N=Nc2ccc([N+](=O)[O-])cc2Cl)c(C)c1. The lowest BCUT2D eigenvalue weighted by Crippen LogP contribution is -2.28. The third-order valence-corrected chi connectivity index (χ3v) is 5.56. The summed E-state index contributed by atoms with van der Waals surface area (Å²) < 4.78 is 10.5. The van der Waals surface area contributed by atoms with E-state index in [9.17, 15) is 14.9 Å². The van der Waals surface area contributed by atoms with Crippen LogP contribution in [0.1, 0.15) is 22.8 Å². The van der Waals surface area contributed by atoms with E-state index in [4.69, 9.17) is 21.1 Å². The molecule has 0 fully saturated rings. The van der Waals surface area contributed by atoms with Crippen LogP contribution < -0.4 is 9.64 Å². The van der Waals surface area contributed by atoms with Crippen molar-refractivity contribution in [3.63, 3.8) is 0 Å². The standard InChI is InChI=1S/C25H25ClN4O5/c1-4-29(13-14-35-25(31)18-5-9-21(34-3)10-6-18)19-7-11-23(17(2)15-19)27-28-24-12-8-20(30(32)33)16-22(24)26/h5-12,15-16H,4,13-14H2,1-3H3. The van der Waals surface area contributed by atoms with E-state index < -0.39 is 4.92 Å². The van der Waals surface area contributed by atoms with Crippen molar-refractivity contribution in [1.82, 2.24) is 0 Å². The predicted molar refractivity (Wildman–Crippen MR) is 135 cm³/mol. The van der Waals surface area contributed by atoms with E-state index in [1.807, 2.05) is 32.0 Å². The van der Waals surface area contributed by atoms with Gasteiger partial charge in [-0.05, 0) is 67.9 Å². The number of nitro benzene ring substituents is 1. The molecule has 35 heavy (non-hydrogen) atoms. The molecule has 0 bridgehead atoms. The molecule has 10 heteroatoms. The van der Waals surface area contributed by atoms with Gasteiger partial charge in [0.25, 0.3) is 5.69 Å². The first-order valence-electron chi connectivity index (χ1n) is 10.8. The van der Waals surface area contributed by atoms with Gasteiger partial charge in [0, 0.05) is 24.4 Å². The minimum Gasteiger partial charge on any atom is -0.497 e. The maximum atomic E-state index is 12.3. The summed E-state index contributed by atoms with van der Waals surface area (Å²) in [5.74, 6) is 0.286. The summed E-state index contributed by atoms with van der Waals surface area (Å²) in [4.78, 5) is 24.7. The van der Waals surface area contributed by atoms with Crippen molar-refractivity contribution in [2.24, 2.45) is 10.2 Å². The average molecular weight is 497 g/mol. The number of non-ortho nitro benzene ring substituents is 1. The number of aryl methyl sites for hydroxylation is 1. The molecule has 0 unspecified atom stereocenters. The van der Waals surface area contributed by atoms with Gasteiger partial charge in [0.05, 0.1) is 34.9 Å².